The van der Waals surface area contributed by atoms with Crippen molar-refractivity contribution in [3.05, 3.63) is 34.5 Å². The molecule has 0 saturated carbocycles. The minimum Gasteiger partial charge on any atom is -0.469 e. The summed E-state index contributed by atoms with van der Waals surface area (Å²) in [5.41, 5.74) is 0.570. The minimum absolute atomic E-state index is 0.165. The number of rotatable bonds is 7. The first kappa shape index (κ1) is 18.4. The molecule has 0 atom stereocenters. The third-order valence-electron chi connectivity index (χ3n) is 3.69. The summed E-state index contributed by atoms with van der Waals surface area (Å²) in [5, 5.41) is 0.440. The lowest BCUT2D eigenvalue weighted by atomic mass is 10.1. The Labute approximate surface area is 144 Å². The summed E-state index contributed by atoms with van der Waals surface area (Å²) in [7, 11) is 4.51. The van der Waals surface area contributed by atoms with E-state index in [1.807, 2.05) is 0 Å². The molecule has 0 spiro atoms. The third kappa shape index (κ3) is 3.91. The van der Waals surface area contributed by atoms with Crippen molar-refractivity contribution >= 4 is 33.3 Å². The SMILES string of the molecule is COCc1c(C(=O)N(C)CCCC(=O)OC)sc2cccc(F)c12. The normalized spacial score (nSPS) is 10.8. The number of carbonyl (C=O) groups excluding carboxylic acids is 2. The van der Waals surface area contributed by atoms with Crippen LogP contribution in [0.2, 0.25) is 0 Å². The van der Waals surface area contributed by atoms with Crippen molar-refractivity contribution in [2.75, 3.05) is 27.8 Å². The van der Waals surface area contributed by atoms with Crippen LogP contribution in [0.5, 0.6) is 0 Å². The summed E-state index contributed by atoms with van der Waals surface area (Å²) in [6.45, 7) is 0.578. The topological polar surface area (TPSA) is 55.8 Å². The number of hydrogen-bond acceptors (Lipinski definition) is 5. The van der Waals surface area contributed by atoms with Gasteiger partial charge in [0.2, 0.25) is 0 Å². The Morgan fingerprint density at radius 3 is 2.71 bits per heavy atom. The predicted molar refractivity (Wildman–Crippen MR) is 90.7 cm³/mol. The molecule has 130 valence electrons. The summed E-state index contributed by atoms with van der Waals surface area (Å²) in [5.74, 6) is -0.865. The second-order valence-corrected chi connectivity index (χ2v) is 6.41. The van der Waals surface area contributed by atoms with E-state index in [9.17, 15) is 14.0 Å². The number of nitrogens with zero attached hydrogens (tertiary/aromatic N) is 1. The van der Waals surface area contributed by atoms with Crippen LogP contribution < -0.4 is 0 Å². The summed E-state index contributed by atoms with van der Waals surface area (Å²) in [6, 6.07) is 4.79. The molecule has 0 bridgehead atoms. The van der Waals surface area contributed by atoms with Gasteiger partial charge in [-0.1, -0.05) is 6.07 Å². The van der Waals surface area contributed by atoms with Crippen LogP contribution in [0.1, 0.15) is 28.1 Å². The highest BCUT2D eigenvalue weighted by Crippen LogP contribution is 2.34. The largest absolute Gasteiger partial charge is 0.469 e. The molecule has 2 rings (SSSR count). The first-order valence-corrected chi connectivity index (χ1v) is 8.32. The van der Waals surface area contributed by atoms with E-state index in [4.69, 9.17) is 4.74 Å². The molecular weight excluding hydrogens is 333 g/mol. The van der Waals surface area contributed by atoms with Crippen LogP contribution in [0.15, 0.2) is 18.2 Å². The van der Waals surface area contributed by atoms with Crippen molar-refractivity contribution in [3.63, 3.8) is 0 Å². The molecule has 0 aliphatic heterocycles. The second kappa shape index (κ2) is 8.21. The molecule has 7 heteroatoms. The smallest absolute Gasteiger partial charge is 0.305 e. The van der Waals surface area contributed by atoms with E-state index in [1.54, 1.807) is 19.2 Å². The van der Waals surface area contributed by atoms with E-state index in [1.165, 1.54) is 36.5 Å². The van der Waals surface area contributed by atoms with Gasteiger partial charge in [0.05, 0.1) is 18.6 Å². The lowest BCUT2D eigenvalue weighted by Gasteiger charge is -2.17. The fraction of sp³-hybridized carbons (Fsp3) is 0.412. The van der Waals surface area contributed by atoms with E-state index < -0.39 is 0 Å². The highest BCUT2D eigenvalue weighted by molar-refractivity contribution is 7.21. The van der Waals surface area contributed by atoms with Gasteiger partial charge in [0, 0.05) is 42.8 Å². The monoisotopic (exact) mass is 353 g/mol. The number of carbonyl (C=O) groups is 2. The number of fused-ring (bicyclic) bond motifs is 1. The van der Waals surface area contributed by atoms with Gasteiger partial charge in [-0.25, -0.2) is 4.39 Å². The Morgan fingerprint density at radius 2 is 2.04 bits per heavy atom. The van der Waals surface area contributed by atoms with Crippen LogP contribution in [-0.4, -0.2) is 44.6 Å². The van der Waals surface area contributed by atoms with Crippen molar-refractivity contribution < 1.29 is 23.5 Å². The molecular formula is C17H20FNO4S. The fourth-order valence-corrected chi connectivity index (χ4v) is 3.68. The zero-order chi connectivity index (χ0) is 17.7. The molecule has 0 N–H and O–H groups in total. The Hall–Kier alpha value is -1.99. The van der Waals surface area contributed by atoms with Gasteiger partial charge in [-0.15, -0.1) is 11.3 Å². The molecule has 1 aromatic heterocycles. The van der Waals surface area contributed by atoms with Crippen molar-refractivity contribution in [1.29, 1.82) is 0 Å². The van der Waals surface area contributed by atoms with Crippen LogP contribution in [0.3, 0.4) is 0 Å². The first-order valence-electron chi connectivity index (χ1n) is 7.50. The summed E-state index contributed by atoms with van der Waals surface area (Å²) >= 11 is 1.26. The van der Waals surface area contributed by atoms with Crippen molar-refractivity contribution in [3.8, 4) is 0 Å². The zero-order valence-corrected chi connectivity index (χ0v) is 14.7. The molecule has 0 aliphatic rings. The molecule has 0 unspecified atom stereocenters. The van der Waals surface area contributed by atoms with Gasteiger partial charge in [0.15, 0.2) is 0 Å². The number of amides is 1. The van der Waals surface area contributed by atoms with Crippen LogP contribution in [-0.2, 0) is 20.9 Å². The number of ether oxygens (including phenoxy) is 2. The third-order valence-corrected chi connectivity index (χ3v) is 4.88. The molecule has 1 heterocycles. The van der Waals surface area contributed by atoms with Crippen LogP contribution in [0.4, 0.5) is 4.39 Å². The van der Waals surface area contributed by atoms with Crippen molar-refractivity contribution in [1.82, 2.24) is 4.90 Å². The van der Waals surface area contributed by atoms with Crippen molar-refractivity contribution in [2.24, 2.45) is 0 Å². The maximum atomic E-state index is 14.2. The molecule has 0 radical (unpaired) electrons. The lowest BCUT2D eigenvalue weighted by molar-refractivity contribution is -0.140. The molecule has 24 heavy (non-hydrogen) atoms. The van der Waals surface area contributed by atoms with E-state index in [0.29, 0.717) is 33.5 Å². The summed E-state index contributed by atoms with van der Waals surface area (Å²) in [4.78, 5) is 25.9. The highest BCUT2D eigenvalue weighted by atomic mass is 32.1. The number of halogens is 1. The quantitative estimate of drug-likeness (QED) is 0.717. The maximum Gasteiger partial charge on any atom is 0.305 e. The molecule has 0 saturated heterocycles. The van der Waals surface area contributed by atoms with Crippen LogP contribution in [0.25, 0.3) is 10.1 Å². The zero-order valence-electron chi connectivity index (χ0n) is 13.9. The van der Waals surface area contributed by atoms with Crippen LogP contribution >= 0.6 is 11.3 Å². The standard InChI is InChI=1S/C17H20FNO4S/c1-19(9-5-8-14(20)23-3)17(21)16-11(10-22-2)15-12(18)6-4-7-13(15)24-16/h4,6-7H,5,8-10H2,1-3H3. The fourth-order valence-electron chi connectivity index (χ4n) is 2.46. The molecule has 0 aliphatic carbocycles. The minimum atomic E-state index is -0.358. The summed E-state index contributed by atoms with van der Waals surface area (Å²) in [6.07, 6.45) is 0.758. The first-order chi connectivity index (χ1) is 11.5. The van der Waals surface area contributed by atoms with Gasteiger partial charge in [-0.05, 0) is 18.6 Å². The Bertz CT molecular complexity index is 744. The molecule has 1 aromatic carbocycles. The Kier molecular flexibility index (Phi) is 6.28. The number of thiophene rings is 1. The Balaban J connectivity index is 2.23. The maximum absolute atomic E-state index is 14.2. The van der Waals surface area contributed by atoms with Gasteiger partial charge in [0.1, 0.15) is 5.82 Å². The second-order valence-electron chi connectivity index (χ2n) is 5.36. The highest BCUT2D eigenvalue weighted by Gasteiger charge is 2.23. The van der Waals surface area contributed by atoms with E-state index >= 15 is 0 Å². The molecule has 1 amide bonds. The van der Waals surface area contributed by atoms with E-state index in [-0.39, 0.29) is 30.7 Å². The van der Waals surface area contributed by atoms with E-state index in [2.05, 4.69) is 4.74 Å². The van der Waals surface area contributed by atoms with Crippen LogP contribution in [0, 0.1) is 5.82 Å². The Morgan fingerprint density at radius 1 is 1.29 bits per heavy atom. The number of hydrogen-bond donors (Lipinski definition) is 0. The molecule has 2 aromatic rings. The van der Waals surface area contributed by atoms with E-state index in [0.717, 1.165) is 0 Å². The van der Waals surface area contributed by atoms with Gasteiger partial charge in [0.25, 0.3) is 5.91 Å². The van der Waals surface area contributed by atoms with Gasteiger partial charge < -0.3 is 14.4 Å². The van der Waals surface area contributed by atoms with Gasteiger partial charge in [-0.2, -0.15) is 0 Å². The number of benzene rings is 1. The van der Waals surface area contributed by atoms with Crippen molar-refractivity contribution in [2.45, 2.75) is 19.4 Å². The van der Waals surface area contributed by atoms with Gasteiger partial charge >= 0.3 is 5.97 Å². The lowest BCUT2D eigenvalue weighted by Crippen LogP contribution is -2.28. The number of esters is 1. The average molecular weight is 353 g/mol. The van der Waals surface area contributed by atoms with Gasteiger partial charge in [-0.3, -0.25) is 9.59 Å². The average Bonchev–Trinajstić information content (AvgIpc) is 2.94. The molecule has 5 nitrogen and oxygen atoms in total. The predicted octanol–water partition coefficient (Wildman–Crippen LogP) is 3.21. The summed E-state index contributed by atoms with van der Waals surface area (Å²) < 4.78 is 24.6. The number of methoxy groups -OCH3 is 2. The molecule has 0 fully saturated rings.